The number of carbonyl (C=O) groups is 2. The molecule has 0 atom stereocenters. The molecule has 4 aromatic carbocycles. The average Bonchev–Trinajstić information content (AvgIpc) is 2.96. The van der Waals surface area contributed by atoms with E-state index in [4.69, 9.17) is 5.73 Å². The van der Waals surface area contributed by atoms with Gasteiger partial charge in [0.1, 0.15) is 0 Å². The van der Waals surface area contributed by atoms with Crippen LogP contribution in [0.1, 0.15) is 49.4 Å². The van der Waals surface area contributed by atoms with Crippen molar-refractivity contribution in [2.24, 2.45) is 5.73 Å². The van der Waals surface area contributed by atoms with Gasteiger partial charge in [0.2, 0.25) is 5.91 Å². The standard InChI is InChI=1S/C32H30N4O4/c1-21-16-27(36(39)40)13-11-26(21)19-34-32(38)25-12-14-30-24(18-25)8-5-15-35(30)20-22-6-4-7-23(17-22)28-9-2-3-10-29(28)31(33)37/h2-4,6-7,9-14,16-18H,5,8,15,19-20H2,1H3,(H2,33,37)(H,34,38). The number of aryl methyl sites for hydroxylation is 2. The second kappa shape index (κ2) is 11.4. The molecule has 3 N–H and O–H groups in total. The highest BCUT2D eigenvalue weighted by Crippen LogP contribution is 2.31. The van der Waals surface area contributed by atoms with Crippen LogP contribution in [-0.2, 0) is 19.5 Å². The fraction of sp³-hybridized carbons (Fsp3) is 0.188. The zero-order valence-electron chi connectivity index (χ0n) is 22.2. The summed E-state index contributed by atoms with van der Waals surface area (Å²) < 4.78 is 0. The van der Waals surface area contributed by atoms with Gasteiger partial charge in [0.15, 0.2) is 0 Å². The number of non-ortho nitro benzene ring substituents is 1. The number of nitrogens with two attached hydrogens (primary N) is 1. The first-order chi connectivity index (χ1) is 19.3. The quantitative estimate of drug-likeness (QED) is 0.227. The lowest BCUT2D eigenvalue weighted by molar-refractivity contribution is -0.384. The number of nitro benzene ring substituents is 1. The maximum atomic E-state index is 12.9. The van der Waals surface area contributed by atoms with Gasteiger partial charge in [0.05, 0.1) is 4.92 Å². The molecule has 1 aliphatic rings. The van der Waals surface area contributed by atoms with Crippen LogP contribution in [0.15, 0.2) is 84.9 Å². The summed E-state index contributed by atoms with van der Waals surface area (Å²) in [5, 5.41) is 13.9. The van der Waals surface area contributed by atoms with Crippen molar-refractivity contribution < 1.29 is 14.5 Å². The Labute approximate surface area is 232 Å². The molecule has 0 saturated heterocycles. The van der Waals surface area contributed by atoms with Crippen molar-refractivity contribution in [3.8, 4) is 11.1 Å². The van der Waals surface area contributed by atoms with E-state index in [9.17, 15) is 19.7 Å². The first-order valence-electron chi connectivity index (χ1n) is 13.2. The normalized spacial score (nSPS) is 12.5. The minimum atomic E-state index is -0.450. The van der Waals surface area contributed by atoms with Gasteiger partial charge < -0.3 is 16.0 Å². The molecule has 0 fully saturated rings. The van der Waals surface area contributed by atoms with Crippen molar-refractivity contribution in [2.75, 3.05) is 11.4 Å². The summed E-state index contributed by atoms with van der Waals surface area (Å²) in [6, 6.07) is 26.0. The van der Waals surface area contributed by atoms with Crippen LogP contribution < -0.4 is 16.0 Å². The van der Waals surface area contributed by atoms with Gasteiger partial charge in [0.25, 0.3) is 11.6 Å². The Balaban J connectivity index is 1.30. The summed E-state index contributed by atoms with van der Waals surface area (Å²) in [5.41, 5.74) is 13.4. The molecule has 4 aromatic rings. The lowest BCUT2D eigenvalue weighted by Gasteiger charge is -2.32. The van der Waals surface area contributed by atoms with E-state index in [0.717, 1.165) is 58.5 Å². The third-order valence-electron chi connectivity index (χ3n) is 7.34. The highest BCUT2D eigenvalue weighted by molar-refractivity contribution is 5.99. The summed E-state index contributed by atoms with van der Waals surface area (Å²) in [5.74, 6) is -0.632. The van der Waals surface area contributed by atoms with Gasteiger partial charge in [-0.25, -0.2) is 0 Å². The number of fused-ring (bicyclic) bond motifs is 1. The molecular formula is C32H30N4O4. The number of carbonyl (C=O) groups excluding carboxylic acids is 2. The fourth-order valence-electron chi connectivity index (χ4n) is 5.26. The van der Waals surface area contributed by atoms with Crippen LogP contribution in [0.25, 0.3) is 11.1 Å². The minimum absolute atomic E-state index is 0.0361. The highest BCUT2D eigenvalue weighted by Gasteiger charge is 2.20. The summed E-state index contributed by atoms with van der Waals surface area (Å²) in [7, 11) is 0. The lowest BCUT2D eigenvalue weighted by Crippen LogP contribution is -2.29. The maximum Gasteiger partial charge on any atom is 0.269 e. The Morgan fingerprint density at radius 2 is 1.82 bits per heavy atom. The monoisotopic (exact) mass is 534 g/mol. The van der Waals surface area contributed by atoms with Crippen LogP contribution in [0, 0.1) is 17.0 Å². The topological polar surface area (TPSA) is 119 Å². The molecule has 1 aliphatic heterocycles. The van der Waals surface area contributed by atoms with Crippen LogP contribution >= 0.6 is 0 Å². The van der Waals surface area contributed by atoms with Crippen molar-refractivity contribution in [3.05, 3.63) is 128 Å². The summed E-state index contributed by atoms with van der Waals surface area (Å²) in [4.78, 5) is 37.8. The number of hydrogen-bond donors (Lipinski definition) is 2. The number of rotatable bonds is 8. The Morgan fingerprint density at radius 3 is 2.60 bits per heavy atom. The third-order valence-corrected chi connectivity index (χ3v) is 7.34. The molecule has 202 valence electrons. The van der Waals surface area contributed by atoms with Crippen LogP contribution in [-0.4, -0.2) is 23.3 Å². The van der Waals surface area contributed by atoms with Gasteiger partial charge in [-0.05, 0) is 83.5 Å². The van der Waals surface area contributed by atoms with Gasteiger partial charge in [-0.15, -0.1) is 0 Å². The van der Waals surface area contributed by atoms with Crippen molar-refractivity contribution in [3.63, 3.8) is 0 Å². The number of nitro groups is 1. The summed E-state index contributed by atoms with van der Waals surface area (Å²) in [6.45, 7) is 3.69. The molecule has 0 radical (unpaired) electrons. The van der Waals surface area contributed by atoms with Crippen LogP contribution in [0.2, 0.25) is 0 Å². The molecule has 1 heterocycles. The van der Waals surface area contributed by atoms with Crippen molar-refractivity contribution in [2.45, 2.75) is 32.9 Å². The van der Waals surface area contributed by atoms with Crippen molar-refractivity contribution in [1.82, 2.24) is 5.32 Å². The van der Waals surface area contributed by atoms with Gasteiger partial charge in [-0.2, -0.15) is 0 Å². The number of primary amides is 1. The van der Waals surface area contributed by atoms with E-state index in [1.54, 1.807) is 19.1 Å². The predicted octanol–water partition coefficient (Wildman–Crippen LogP) is 5.55. The Morgan fingerprint density at radius 1 is 1.00 bits per heavy atom. The molecule has 0 spiro atoms. The first kappa shape index (κ1) is 26.6. The molecule has 0 aliphatic carbocycles. The zero-order valence-corrected chi connectivity index (χ0v) is 22.2. The number of benzene rings is 4. The number of anilines is 1. The lowest BCUT2D eigenvalue weighted by atomic mass is 9.96. The van der Waals surface area contributed by atoms with Gasteiger partial charge in [-0.3, -0.25) is 19.7 Å². The molecule has 8 heteroatoms. The molecule has 0 aromatic heterocycles. The SMILES string of the molecule is Cc1cc([N+](=O)[O-])ccc1CNC(=O)c1ccc2c(c1)CCCN2Cc1cccc(-c2ccccc2C(N)=O)c1. The molecule has 2 amide bonds. The second-order valence-corrected chi connectivity index (χ2v) is 10.0. The van der Waals surface area contributed by atoms with E-state index in [2.05, 4.69) is 22.3 Å². The largest absolute Gasteiger partial charge is 0.367 e. The van der Waals surface area contributed by atoms with E-state index in [0.29, 0.717) is 24.2 Å². The van der Waals surface area contributed by atoms with E-state index in [1.165, 1.54) is 12.1 Å². The average molecular weight is 535 g/mol. The minimum Gasteiger partial charge on any atom is -0.367 e. The Kier molecular flexibility index (Phi) is 7.59. The van der Waals surface area contributed by atoms with Gasteiger partial charge in [-0.1, -0.05) is 42.5 Å². The smallest absolute Gasteiger partial charge is 0.269 e. The highest BCUT2D eigenvalue weighted by atomic mass is 16.6. The van der Waals surface area contributed by atoms with Crippen LogP contribution in [0.3, 0.4) is 0 Å². The van der Waals surface area contributed by atoms with Crippen LogP contribution in [0.5, 0.6) is 0 Å². The Hall–Kier alpha value is -4.98. The second-order valence-electron chi connectivity index (χ2n) is 10.0. The maximum absolute atomic E-state index is 12.9. The molecule has 40 heavy (non-hydrogen) atoms. The third kappa shape index (κ3) is 5.71. The van der Waals surface area contributed by atoms with E-state index >= 15 is 0 Å². The van der Waals surface area contributed by atoms with E-state index < -0.39 is 10.8 Å². The molecule has 5 rings (SSSR count). The zero-order chi connectivity index (χ0) is 28.2. The summed E-state index contributed by atoms with van der Waals surface area (Å²) >= 11 is 0. The molecule has 8 nitrogen and oxygen atoms in total. The molecular weight excluding hydrogens is 504 g/mol. The van der Waals surface area contributed by atoms with E-state index in [-0.39, 0.29) is 11.6 Å². The molecule has 0 bridgehead atoms. The van der Waals surface area contributed by atoms with Crippen molar-refractivity contribution >= 4 is 23.2 Å². The number of nitrogens with zero attached hydrogens (tertiary/aromatic N) is 2. The van der Waals surface area contributed by atoms with Crippen LogP contribution in [0.4, 0.5) is 11.4 Å². The van der Waals surface area contributed by atoms with E-state index in [1.807, 2.05) is 48.5 Å². The molecule has 0 saturated carbocycles. The summed E-state index contributed by atoms with van der Waals surface area (Å²) in [6.07, 6.45) is 1.87. The van der Waals surface area contributed by atoms with Gasteiger partial charge >= 0.3 is 0 Å². The number of amides is 2. The number of hydrogen-bond acceptors (Lipinski definition) is 5. The van der Waals surface area contributed by atoms with Gasteiger partial charge in [0, 0.05) is 48.6 Å². The predicted molar refractivity (Wildman–Crippen MR) is 155 cm³/mol. The first-order valence-corrected chi connectivity index (χ1v) is 13.2. The Bertz CT molecular complexity index is 1610. The molecule has 0 unspecified atom stereocenters. The number of nitrogens with one attached hydrogen (secondary N) is 1. The van der Waals surface area contributed by atoms with Crippen molar-refractivity contribution in [1.29, 1.82) is 0 Å². The fourth-order valence-corrected chi connectivity index (χ4v) is 5.26.